The van der Waals surface area contributed by atoms with Gasteiger partial charge in [-0.3, -0.25) is 0 Å². The van der Waals surface area contributed by atoms with Crippen LogP contribution in [-0.2, 0) is 28.2 Å². The molecule has 0 amide bonds. The summed E-state index contributed by atoms with van der Waals surface area (Å²) >= 11 is 0. The summed E-state index contributed by atoms with van der Waals surface area (Å²) in [4.78, 5) is 8.37. The Morgan fingerprint density at radius 2 is 1.25 bits per heavy atom. The number of anilines is 7. The fourth-order valence-electron chi connectivity index (χ4n) is 14.7. The van der Waals surface area contributed by atoms with E-state index in [-0.39, 0.29) is 34.0 Å². The Hall–Kier alpha value is -6.00. The number of rotatable bonds is 3. The van der Waals surface area contributed by atoms with Crippen LogP contribution in [0.15, 0.2) is 146 Å². The number of hydrogen-bond donors (Lipinski definition) is 0. The molecule has 0 spiro atoms. The first-order valence-corrected chi connectivity index (χ1v) is 24.5. The Morgan fingerprint density at radius 1 is 0.538 bits per heavy atom. The first-order valence-electron chi connectivity index (χ1n) is 24.5. The molecule has 0 aromatic heterocycles. The van der Waals surface area contributed by atoms with E-state index in [1.54, 1.807) is 0 Å². The molecule has 65 heavy (non-hydrogen) atoms. The first kappa shape index (κ1) is 39.4. The number of hydrogen-bond acceptors (Lipinski definition) is 3. The van der Waals surface area contributed by atoms with Gasteiger partial charge in [-0.25, -0.2) is 0 Å². The van der Waals surface area contributed by atoms with Crippen molar-refractivity contribution in [1.29, 1.82) is 0 Å². The minimum atomic E-state index is -0.313. The van der Waals surface area contributed by atoms with Crippen molar-refractivity contribution < 1.29 is 0 Å². The van der Waals surface area contributed by atoms with Gasteiger partial charge in [-0.1, -0.05) is 161 Å². The molecule has 1 fully saturated rings. The Kier molecular flexibility index (Phi) is 7.93. The van der Waals surface area contributed by atoms with Crippen LogP contribution in [0.2, 0.25) is 0 Å². The average molecular weight is 846 g/mol. The van der Waals surface area contributed by atoms with Gasteiger partial charge < -0.3 is 14.7 Å². The highest BCUT2D eigenvalue weighted by atomic mass is 15.3. The molecule has 4 heterocycles. The van der Waals surface area contributed by atoms with Crippen LogP contribution in [0.25, 0.3) is 0 Å². The van der Waals surface area contributed by atoms with E-state index in [4.69, 9.17) is 0 Å². The van der Waals surface area contributed by atoms with E-state index in [0.29, 0.717) is 0 Å². The second-order valence-electron chi connectivity index (χ2n) is 22.3. The van der Waals surface area contributed by atoms with E-state index in [9.17, 15) is 0 Å². The molecular weight excluding hydrogens is 786 g/mol. The molecule has 4 aliphatic heterocycles. The molecular formula is C61H60BN3. The predicted molar refractivity (Wildman–Crippen MR) is 275 cm³/mol. The minimum absolute atomic E-state index is 0.0237. The van der Waals surface area contributed by atoms with E-state index in [1.165, 1.54) is 114 Å². The molecule has 7 aromatic carbocycles. The molecule has 3 nitrogen and oxygen atoms in total. The average Bonchev–Trinajstić information content (AvgIpc) is 3.68. The molecule has 4 unspecified atom stereocenters. The lowest BCUT2D eigenvalue weighted by Crippen LogP contribution is -2.64. The number of para-hydroxylation sites is 1. The van der Waals surface area contributed by atoms with Crippen LogP contribution in [0, 0.1) is 13.8 Å². The van der Waals surface area contributed by atoms with Crippen molar-refractivity contribution >= 4 is 62.9 Å². The number of benzene rings is 7. The van der Waals surface area contributed by atoms with Crippen LogP contribution in [0.1, 0.15) is 118 Å². The zero-order valence-corrected chi connectivity index (χ0v) is 39.5. The van der Waals surface area contributed by atoms with Crippen molar-refractivity contribution in [2.45, 2.75) is 121 Å². The van der Waals surface area contributed by atoms with Gasteiger partial charge in [-0.15, -0.1) is 0 Å². The van der Waals surface area contributed by atoms with Crippen LogP contribution in [0.4, 0.5) is 39.8 Å². The molecule has 13 rings (SSSR count). The highest BCUT2D eigenvalue weighted by Gasteiger charge is 2.65. The third kappa shape index (κ3) is 4.83. The Labute approximate surface area is 387 Å². The SMILES string of the molecule is Cc1ccc(N2c3ccc(C)cc3B3c4cccc5c4N(c4cc(N6c7ccc(C(C)(C)C)cc7C7(c8ccccc8)CCCCC67C)cc2c43)C2(C)c3ccccc3CCC52C)cc1. The molecule has 0 bridgehead atoms. The van der Waals surface area contributed by atoms with Gasteiger partial charge in [-0.2, -0.15) is 0 Å². The summed E-state index contributed by atoms with van der Waals surface area (Å²) in [5, 5.41) is 0. The largest absolute Gasteiger partial charge is 0.334 e. The van der Waals surface area contributed by atoms with E-state index in [0.717, 1.165) is 25.7 Å². The normalized spacial score (nSPS) is 25.3. The van der Waals surface area contributed by atoms with E-state index < -0.39 is 0 Å². The van der Waals surface area contributed by atoms with Crippen LogP contribution in [-0.4, -0.2) is 12.3 Å². The summed E-state index contributed by atoms with van der Waals surface area (Å²) in [6.07, 6.45) is 6.86. The molecule has 4 atom stereocenters. The maximum atomic E-state index is 2.88. The lowest BCUT2D eigenvalue weighted by molar-refractivity contribution is 0.215. The summed E-state index contributed by atoms with van der Waals surface area (Å²) < 4.78 is 0. The van der Waals surface area contributed by atoms with E-state index in [1.807, 2.05) is 0 Å². The van der Waals surface area contributed by atoms with Gasteiger partial charge >= 0.3 is 0 Å². The van der Waals surface area contributed by atoms with Crippen molar-refractivity contribution in [3.05, 3.63) is 190 Å². The monoisotopic (exact) mass is 845 g/mol. The van der Waals surface area contributed by atoms with Gasteiger partial charge in [0, 0.05) is 50.6 Å². The summed E-state index contributed by atoms with van der Waals surface area (Å²) in [6.45, 7) is 19.5. The minimum Gasteiger partial charge on any atom is -0.334 e. The molecule has 4 heteroatoms. The van der Waals surface area contributed by atoms with Crippen LogP contribution < -0.4 is 31.1 Å². The van der Waals surface area contributed by atoms with Crippen molar-refractivity contribution in [2.75, 3.05) is 14.7 Å². The van der Waals surface area contributed by atoms with Crippen molar-refractivity contribution in [3.63, 3.8) is 0 Å². The molecule has 0 radical (unpaired) electrons. The van der Waals surface area contributed by atoms with Crippen molar-refractivity contribution in [2.24, 2.45) is 0 Å². The first-order chi connectivity index (χ1) is 31.3. The molecule has 2 aliphatic carbocycles. The summed E-state index contributed by atoms with van der Waals surface area (Å²) in [7, 11) is 0. The van der Waals surface area contributed by atoms with Crippen molar-refractivity contribution in [1.82, 2.24) is 0 Å². The topological polar surface area (TPSA) is 9.72 Å². The number of fused-ring (bicyclic) bond motifs is 12. The van der Waals surface area contributed by atoms with Gasteiger partial charge in [0.1, 0.15) is 0 Å². The summed E-state index contributed by atoms with van der Waals surface area (Å²) in [5.74, 6) is 0. The third-order valence-corrected chi connectivity index (χ3v) is 18.0. The van der Waals surface area contributed by atoms with Gasteiger partial charge in [0.25, 0.3) is 6.71 Å². The molecule has 7 aromatic rings. The summed E-state index contributed by atoms with van der Waals surface area (Å²) in [6, 6.07) is 57.8. The van der Waals surface area contributed by atoms with Gasteiger partial charge in [0.2, 0.25) is 0 Å². The quantitative estimate of drug-likeness (QED) is 0.164. The van der Waals surface area contributed by atoms with Crippen LogP contribution in [0.3, 0.4) is 0 Å². The molecule has 322 valence electrons. The zero-order valence-electron chi connectivity index (χ0n) is 39.5. The Morgan fingerprint density at radius 3 is 2.05 bits per heavy atom. The molecule has 0 saturated heterocycles. The summed E-state index contributed by atoms with van der Waals surface area (Å²) in [5.41, 5.74) is 24.1. The van der Waals surface area contributed by atoms with Crippen LogP contribution >= 0.6 is 0 Å². The molecule has 1 saturated carbocycles. The highest BCUT2D eigenvalue weighted by Crippen LogP contribution is 2.67. The molecule has 0 N–H and O–H groups in total. The zero-order chi connectivity index (χ0) is 44.4. The van der Waals surface area contributed by atoms with E-state index >= 15 is 0 Å². The van der Waals surface area contributed by atoms with Crippen molar-refractivity contribution in [3.8, 4) is 0 Å². The smallest absolute Gasteiger partial charge is 0.252 e. The maximum Gasteiger partial charge on any atom is 0.252 e. The fourth-order valence-corrected chi connectivity index (χ4v) is 14.7. The second-order valence-corrected chi connectivity index (χ2v) is 22.3. The predicted octanol–water partition coefficient (Wildman–Crippen LogP) is 13.3. The fraction of sp³-hybridized carbons (Fsp3) is 0.311. The lowest BCUT2D eigenvalue weighted by Gasteiger charge is -2.54. The number of aryl methyl sites for hydroxylation is 3. The third-order valence-electron chi connectivity index (χ3n) is 18.0. The Bertz CT molecular complexity index is 3150. The van der Waals surface area contributed by atoms with Gasteiger partial charge in [0.15, 0.2) is 0 Å². The standard InChI is InChI=1S/C61H60BN3/c1-39-23-27-44(28-24-39)63-52-29-25-40(2)35-50(52)62-49-22-16-21-47-56(49)65(60(8)46-20-13-12-17-41(46)31-34-58(47,60)6)54-38-45(37-53(63)55(54)62)64-51-30-26-43(57(3,4)5)36-48(51)61(42-18-10-9-11-19-42)33-15-14-32-59(61,64)7/h9-13,16-30,35-38H,14-15,31-34H2,1-8H3. The van der Waals surface area contributed by atoms with Gasteiger partial charge in [0.05, 0.1) is 11.1 Å². The van der Waals surface area contributed by atoms with Crippen LogP contribution in [0.5, 0.6) is 0 Å². The van der Waals surface area contributed by atoms with E-state index in [2.05, 4.69) is 216 Å². The second kappa shape index (κ2) is 13.1. The van der Waals surface area contributed by atoms with Gasteiger partial charge in [-0.05, 0) is 145 Å². The number of nitrogens with zero attached hydrogens (tertiary/aromatic N) is 3. The highest BCUT2D eigenvalue weighted by molar-refractivity contribution is 7.00. The lowest BCUT2D eigenvalue weighted by atomic mass is 9.33. The molecule has 6 aliphatic rings. The maximum absolute atomic E-state index is 2.88. The Balaban J connectivity index is 1.17.